The van der Waals surface area contributed by atoms with E-state index in [1.807, 2.05) is 25.1 Å². The second kappa shape index (κ2) is 7.83. The molecule has 31 heavy (non-hydrogen) atoms. The Hall–Kier alpha value is -3.74. The molecule has 1 N–H and O–H groups in total. The van der Waals surface area contributed by atoms with Crippen molar-refractivity contribution in [1.82, 2.24) is 19.6 Å². The number of rotatable bonds is 5. The van der Waals surface area contributed by atoms with Crippen molar-refractivity contribution in [2.24, 2.45) is 0 Å². The highest BCUT2D eigenvalue weighted by Crippen LogP contribution is 2.28. The summed E-state index contributed by atoms with van der Waals surface area (Å²) < 4.78 is 16.9. The standard InChI is InChI=1S/C24H22FN5O/c1-16-4-2-5-17(14-16)15-29-22(12-13-26-29)27-24(31)23-20-6-3-7-21(20)30(28-23)19-10-8-18(25)9-11-19/h2,4-5,8-14H,3,6-7,15H2,1H3,(H,27,31). The molecule has 0 aliphatic heterocycles. The van der Waals surface area contributed by atoms with Crippen LogP contribution in [0.3, 0.4) is 0 Å². The number of carbonyl (C=O) groups excluding carboxylic acids is 1. The minimum Gasteiger partial charge on any atom is -0.305 e. The SMILES string of the molecule is Cc1cccc(Cn2nccc2NC(=O)c2nn(-c3ccc(F)cc3)c3c2CCC3)c1. The summed E-state index contributed by atoms with van der Waals surface area (Å²) in [6, 6.07) is 16.2. The molecule has 0 fully saturated rings. The highest BCUT2D eigenvalue weighted by atomic mass is 19.1. The summed E-state index contributed by atoms with van der Waals surface area (Å²) >= 11 is 0. The van der Waals surface area contributed by atoms with Crippen molar-refractivity contribution in [2.75, 3.05) is 5.32 Å². The Labute approximate surface area is 179 Å². The second-order valence-corrected chi connectivity index (χ2v) is 7.83. The molecule has 2 heterocycles. The van der Waals surface area contributed by atoms with Crippen molar-refractivity contribution in [3.05, 3.63) is 94.7 Å². The molecule has 2 aromatic carbocycles. The average molecular weight is 415 g/mol. The van der Waals surface area contributed by atoms with Crippen LogP contribution in [0.1, 0.15) is 39.3 Å². The predicted octanol–water partition coefficient (Wildman–Crippen LogP) is 4.31. The molecule has 4 aromatic rings. The Kier molecular flexibility index (Phi) is 4.86. The van der Waals surface area contributed by atoms with Crippen LogP contribution in [-0.4, -0.2) is 25.5 Å². The Morgan fingerprint density at radius 3 is 2.77 bits per heavy atom. The van der Waals surface area contributed by atoms with Gasteiger partial charge in [0.15, 0.2) is 5.69 Å². The van der Waals surface area contributed by atoms with Crippen molar-refractivity contribution < 1.29 is 9.18 Å². The van der Waals surface area contributed by atoms with Gasteiger partial charge in [0.25, 0.3) is 5.91 Å². The highest BCUT2D eigenvalue weighted by Gasteiger charge is 2.27. The van der Waals surface area contributed by atoms with E-state index in [0.29, 0.717) is 18.1 Å². The quantitative estimate of drug-likeness (QED) is 0.528. The number of amides is 1. The van der Waals surface area contributed by atoms with Gasteiger partial charge in [0.05, 0.1) is 18.4 Å². The lowest BCUT2D eigenvalue weighted by molar-refractivity contribution is 0.102. The van der Waals surface area contributed by atoms with Gasteiger partial charge in [-0.05, 0) is 56.0 Å². The van der Waals surface area contributed by atoms with Gasteiger partial charge in [0.1, 0.15) is 11.6 Å². The fourth-order valence-corrected chi connectivity index (χ4v) is 4.14. The van der Waals surface area contributed by atoms with Crippen LogP contribution in [0.15, 0.2) is 60.8 Å². The molecule has 0 spiro atoms. The molecule has 0 bridgehead atoms. The van der Waals surface area contributed by atoms with Crippen molar-refractivity contribution in [2.45, 2.75) is 32.7 Å². The third kappa shape index (κ3) is 3.74. The van der Waals surface area contributed by atoms with E-state index in [-0.39, 0.29) is 11.7 Å². The molecule has 1 aliphatic carbocycles. The van der Waals surface area contributed by atoms with Crippen LogP contribution in [0, 0.1) is 12.7 Å². The first-order valence-corrected chi connectivity index (χ1v) is 10.3. The molecule has 5 rings (SSSR count). The predicted molar refractivity (Wildman–Crippen MR) is 116 cm³/mol. The van der Waals surface area contributed by atoms with Crippen LogP contribution < -0.4 is 5.32 Å². The van der Waals surface area contributed by atoms with Crippen LogP contribution >= 0.6 is 0 Å². The summed E-state index contributed by atoms with van der Waals surface area (Å²) in [5, 5.41) is 11.9. The highest BCUT2D eigenvalue weighted by molar-refractivity contribution is 6.03. The molecular weight excluding hydrogens is 393 g/mol. The number of benzene rings is 2. The number of nitrogens with one attached hydrogen (secondary N) is 1. The third-order valence-electron chi connectivity index (χ3n) is 5.59. The van der Waals surface area contributed by atoms with Gasteiger partial charge < -0.3 is 5.32 Å². The zero-order valence-corrected chi connectivity index (χ0v) is 17.2. The number of halogens is 1. The van der Waals surface area contributed by atoms with Crippen molar-refractivity contribution >= 4 is 11.7 Å². The van der Waals surface area contributed by atoms with Gasteiger partial charge in [-0.15, -0.1) is 0 Å². The maximum absolute atomic E-state index is 13.3. The van der Waals surface area contributed by atoms with Crippen LogP contribution in [-0.2, 0) is 19.4 Å². The molecule has 6 nitrogen and oxygen atoms in total. The molecule has 1 amide bonds. The first kappa shape index (κ1) is 19.2. The monoisotopic (exact) mass is 415 g/mol. The van der Waals surface area contributed by atoms with Crippen molar-refractivity contribution in [3.8, 4) is 5.69 Å². The van der Waals surface area contributed by atoms with Gasteiger partial charge >= 0.3 is 0 Å². The Morgan fingerprint density at radius 1 is 1.13 bits per heavy atom. The first-order chi connectivity index (χ1) is 15.1. The first-order valence-electron chi connectivity index (χ1n) is 10.3. The number of carbonyl (C=O) groups is 1. The molecule has 0 saturated heterocycles. The number of hydrogen-bond donors (Lipinski definition) is 1. The zero-order valence-electron chi connectivity index (χ0n) is 17.2. The molecule has 0 saturated carbocycles. The van der Waals surface area contributed by atoms with Gasteiger partial charge in [-0.1, -0.05) is 29.8 Å². The molecule has 0 radical (unpaired) electrons. The summed E-state index contributed by atoms with van der Waals surface area (Å²) in [4.78, 5) is 13.1. The van der Waals surface area contributed by atoms with E-state index in [2.05, 4.69) is 21.6 Å². The van der Waals surface area contributed by atoms with E-state index < -0.39 is 0 Å². The molecule has 0 unspecified atom stereocenters. The molecule has 2 aromatic heterocycles. The lowest BCUT2D eigenvalue weighted by Gasteiger charge is -2.09. The number of anilines is 1. The van der Waals surface area contributed by atoms with E-state index in [1.54, 1.807) is 33.8 Å². The summed E-state index contributed by atoms with van der Waals surface area (Å²) in [6.45, 7) is 2.61. The van der Waals surface area contributed by atoms with E-state index in [1.165, 1.54) is 17.7 Å². The van der Waals surface area contributed by atoms with Gasteiger partial charge in [0, 0.05) is 17.3 Å². The second-order valence-electron chi connectivity index (χ2n) is 7.83. The minimum absolute atomic E-state index is 0.259. The molecule has 1 aliphatic rings. The van der Waals surface area contributed by atoms with Crippen LogP contribution in [0.5, 0.6) is 0 Å². The van der Waals surface area contributed by atoms with Gasteiger partial charge in [-0.25, -0.2) is 13.8 Å². The van der Waals surface area contributed by atoms with Crippen LogP contribution in [0.4, 0.5) is 10.2 Å². The summed E-state index contributed by atoms with van der Waals surface area (Å²) in [5.41, 5.74) is 5.44. The number of nitrogens with zero attached hydrogens (tertiary/aromatic N) is 4. The number of fused-ring (bicyclic) bond motifs is 1. The largest absolute Gasteiger partial charge is 0.305 e. The number of aromatic nitrogens is 4. The van der Waals surface area contributed by atoms with Crippen molar-refractivity contribution in [1.29, 1.82) is 0 Å². The van der Waals surface area contributed by atoms with Gasteiger partial charge in [-0.3, -0.25) is 4.79 Å². The van der Waals surface area contributed by atoms with Crippen molar-refractivity contribution in [3.63, 3.8) is 0 Å². The Balaban J connectivity index is 1.42. The normalized spacial score (nSPS) is 12.7. The van der Waals surface area contributed by atoms with E-state index in [4.69, 9.17) is 0 Å². The topological polar surface area (TPSA) is 64.7 Å². The smallest absolute Gasteiger partial charge is 0.277 e. The lowest BCUT2D eigenvalue weighted by Crippen LogP contribution is -2.18. The van der Waals surface area contributed by atoms with E-state index in [0.717, 1.165) is 41.8 Å². The summed E-state index contributed by atoms with van der Waals surface area (Å²) in [5.74, 6) is 0.0620. The molecular formula is C24H22FN5O. The van der Waals surface area contributed by atoms with Gasteiger partial charge in [-0.2, -0.15) is 10.2 Å². The molecule has 0 atom stereocenters. The Morgan fingerprint density at radius 2 is 1.97 bits per heavy atom. The fraction of sp³-hybridized carbons (Fsp3) is 0.208. The van der Waals surface area contributed by atoms with Crippen LogP contribution in [0.2, 0.25) is 0 Å². The summed E-state index contributed by atoms with van der Waals surface area (Å²) in [7, 11) is 0. The number of hydrogen-bond acceptors (Lipinski definition) is 3. The third-order valence-corrected chi connectivity index (χ3v) is 5.59. The number of aryl methyl sites for hydroxylation is 1. The van der Waals surface area contributed by atoms with Gasteiger partial charge in [0.2, 0.25) is 0 Å². The van der Waals surface area contributed by atoms with E-state index >= 15 is 0 Å². The van der Waals surface area contributed by atoms with Crippen LogP contribution in [0.25, 0.3) is 5.69 Å². The maximum atomic E-state index is 13.3. The zero-order chi connectivity index (χ0) is 21.4. The maximum Gasteiger partial charge on any atom is 0.277 e. The average Bonchev–Trinajstić information content (AvgIpc) is 3.46. The molecule has 7 heteroatoms. The molecule has 156 valence electrons. The fourth-order valence-electron chi connectivity index (χ4n) is 4.14. The minimum atomic E-state index is -0.299. The van der Waals surface area contributed by atoms with E-state index in [9.17, 15) is 9.18 Å². The summed E-state index contributed by atoms with van der Waals surface area (Å²) in [6.07, 6.45) is 4.30. The lowest BCUT2D eigenvalue weighted by atomic mass is 10.1. The Bertz CT molecular complexity index is 1260.